The normalized spacial score (nSPS) is 11.6. The minimum atomic E-state index is -3.87. The maximum Gasteiger partial charge on any atom is 0.265 e. The van der Waals surface area contributed by atoms with Gasteiger partial charge in [0.25, 0.3) is 10.0 Å². The third kappa shape index (κ3) is 2.79. The molecule has 0 saturated carbocycles. The van der Waals surface area contributed by atoms with Crippen molar-refractivity contribution in [1.82, 2.24) is 4.57 Å². The summed E-state index contributed by atoms with van der Waals surface area (Å²) in [4.78, 5) is 0.0270. The molecule has 1 aromatic heterocycles. The first-order valence-corrected chi connectivity index (χ1v) is 7.89. The summed E-state index contributed by atoms with van der Waals surface area (Å²) in [5, 5.41) is 9.24. The van der Waals surface area contributed by atoms with Gasteiger partial charge in [-0.2, -0.15) is 0 Å². The van der Waals surface area contributed by atoms with Crippen molar-refractivity contribution in [2.45, 2.75) is 25.0 Å². The highest BCUT2D eigenvalue weighted by molar-refractivity contribution is 7.92. The molecule has 0 bridgehead atoms. The zero-order valence-electron chi connectivity index (χ0n) is 11.8. The van der Waals surface area contributed by atoms with Crippen LogP contribution in [0.4, 0.5) is 10.1 Å². The van der Waals surface area contributed by atoms with Crippen LogP contribution in [0.5, 0.6) is 0 Å². The number of aryl methyl sites for hydroxylation is 1. The number of hydrogen-bond acceptors (Lipinski definition) is 3. The van der Waals surface area contributed by atoms with Gasteiger partial charge in [-0.05, 0) is 25.1 Å². The van der Waals surface area contributed by atoms with Gasteiger partial charge in [-0.15, -0.1) is 0 Å². The number of hydrogen-bond donors (Lipinski definition) is 1. The molecule has 1 heterocycles. The first-order chi connectivity index (χ1) is 9.91. The highest BCUT2D eigenvalue weighted by Gasteiger charge is 2.25. The van der Waals surface area contributed by atoms with E-state index < -0.39 is 15.8 Å². The minimum absolute atomic E-state index is 0.0210. The summed E-state index contributed by atoms with van der Waals surface area (Å²) in [5.74, 6) is -0.610. The molecule has 0 atom stereocenters. The minimum Gasteiger partial charge on any atom is -0.390 e. The van der Waals surface area contributed by atoms with Crippen molar-refractivity contribution in [3.63, 3.8) is 0 Å². The third-order valence-corrected chi connectivity index (χ3v) is 5.05. The van der Waals surface area contributed by atoms with Crippen LogP contribution in [0, 0.1) is 5.82 Å². The second-order valence-corrected chi connectivity index (χ2v) is 6.50. The molecule has 0 saturated heterocycles. The van der Waals surface area contributed by atoms with E-state index in [-0.39, 0.29) is 17.2 Å². The van der Waals surface area contributed by atoms with Crippen molar-refractivity contribution in [1.29, 1.82) is 0 Å². The van der Waals surface area contributed by atoms with Gasteiger partial charge in [0.05, 0.1) is 12.3 Å². The summed E-state index contributed by atoms with van der Waals surface area (Å²) < 4.78 is 41.4. The Labute approximate surface area is 123 Å². The summed E-state index contributed by atoms with van der Waals surface area (Å²) >= 11 is 0. The standard InChI is InChI=1S/C14H17FN2O3S/c1-3-17-9-12(8-11(17)10-18)21(19,20)16(2)14-7-5-4-6-13(14)15/h4-9,18H,3,10H2,1-2H3. The second-order valence-electron chi connectivity index (χ2n) is 4.54. The van der Waals surface area contributed by atoms with E-state index in [1.165, 1.54) is 37.5 Å². The predicted octanol–water partition coefficient (Wildman–Crippen LogP) is 1.96. The van der Waals surface area contributed by atoms with Gasteiger partial charge in [0, 0.05) is 25.5 Å². The molecule has 0 radical (unpaired) electrons. The Morgan fingerprint density at radius 3 is 2.52 bits per heavy atom. The molecule has 7 heteroatoms. The van der Waals surface area contributed by atoms with Crippen molar-refractivity contribution in [2.75, 3.05) is 11.4 Å². The third-order valence-electron chi connectivity index (χ3n) is 3.31. The number of aliphatic hydroxyl groups excluding tert-OH is 1. The largest absolute Gasteiger partial charge is 0.390 e. The predicted molar refractivity (Wildman–Crippen MR) is 78.0 cm³/mol. The first-order valence-electron chi connectivity index (χ1n) is 6.45. The Kier molecular flexibility index (Phi) is 4.34. The SMILES string of the molecule is CCn1cc(S(=O)(=O)N(C)c2ccccc2F)cc1CO. The Morgan fingerprint density at radius 1 is 1.33 bits per heavy atom. The number of benzene rings is 1. The van der Waals surface area contributed by atoms with Crippen LogP contribution >= 0.6 is 0 Å². The van der Waals surface area contributed by atoms with Crippen molar-refractivity contribution in [3.8, 4) is 0 Å². The molecular weight excluding hydrogens is 295 g/mol. The Morgan fingerprint density at radius 2 is 2.00 bits per heavy atom. The lowest BCUT2D eigenvalue weighted by atomic mass is 10.3. The number of para-hydroxylation sites is 1. The molecule has 1 N–H and O–H groups in total. The van der Waals surface area contributed by atoms with Crippen LogP contribution in [-0.4, -0.2) is 25.1 Å². The maximum atomic E-state index is 13.8. The van der Waals surface area contributed by atoms with Crippen LogP contribution in [0.1, 0.15) is 12.6 Å². The number of aromatic nitrogens is 1. The van der Waals surface area contributed by atoms with Crippen LogP contribution in [0.3, 0.4) is 0 Å². The molecule has 5 nitrogen and oxygen atoms in total. The topological polar surface area (TPSA) is 62.5 Å². The van der Waals surface area contributed by atoms with E-state index >= 15 is 0 Å². The monoisotopic (exact) mass is 312 g/mol. The van der Waals surface area contributed by atoms with Crippen LogP contribution < -0.4 is 4.31 Å². The molecule has 0 amide bonds. The summed E-state index contributed by atoms with van der Waals surface area (Å²) in [7, 11) is -2.57. The molecule has 0 spiro atoms. The van der Waals surface area contributed by atoms with Crippen LogP contribution in [0.25, 0.3) is 0 Å². The van der Waals surface area contributed by atoms with Gasteiger partial charge in [-0.25, -0.2) is 12.8 Å². The van der Waals surface area contributed by atoms with Crippen molar-refractivity contribution >= 4 is 15.7 Å². The Balaban J connectivity index is 2.47. The molecule has 0 unspecified atom stereocenters. The highest BCUT2D eigenvalue weighted by atomic mass is 32.2. The molecule has 114 valence electrons. The number of anilines is 1. The number of sulfonamides is 1. The zero-order chi connectivity index (χ0) is 15.6. The zero-order valence-corrected chi connectivity index (χ0v) is 12.6. The number of aliphatic hydroxyl groups is 1. The van der Waals surface area contributed by atoms with Crippen LogP contribution in [0.2, 0.25) is 0 Å². The summed E-state index contributed by atoms with van der Waals surface area (Å²) in [6, 6.07) is 7.07. The molecule has 2 rings (SSSR count). The molecule has 0 aliphatic rings. The molecule has 0 fully saturated rings. The Hall–Kier alpha value is -1.86. The van der Waals surface area contributed by atoms with E-state index in [0.717, 1.165) is 4.31 Å². The smallest absolute Gasteiger partial charge is 0.265 e. The van der Waals surface area contributed by atoms with Crippen molar-refractivity contribution in [2.24, 2.45) is 0 Å². The Bertz CT molecular complexity index is 719. The lowest BCUT2D eigenvalue weighted by Gasteiger charge is -2.19. The fourth-order valence-corrected chi connectivity index (χ4v) is 3.36. The molecular formula is C14H17FN2O3S. The number of rotatable bonds is 5. The van der Waals surface area contributed by atoms with Gasteiger partial charge in [0.1, 0.15) is 10.7 Å². The van der Waals surface area contributed by atoms with Gasteiger partial charge >= 0.3 is 0 Å². The first kappa shape index (κ1) is 15.5. The molecule has 1 aromatic carbocycles. The maximum absolute atomic E-state index is 13.8. The van der Waals surface area contributed by atoms with Crippen molar-refractivity contribution in [3.05, 3.63) is 48.0 Å². The van der Waals surface area contributed by atoms with E-state index in [2.05, 4.69) is 0 Å². The van der Waals surface area contributed by atoms with Gasteiger partial charge in [0.2, 0.25) is 0 Å². The highest BCUT2D eigenvalue weighted by Crippen LogP contribution is 2.25. The quantitative estimate of drug-likeness (QED) is 0.918. The lowest BCUT2D eigenvalue weighted by Crippen LogP contribution is -2.27. The average Bonchev–Trinajstić information content (AvgIpc) is 2.91. The molecule has 21 heavy (non-hydrogen) atoms. The van der Waals surface area contributed by atoms with Gasteiger partial charge in [-0.3, -0.25) is 4.31 Å². The molecule has 0 aliphatic heterocycles. The van der Waals surface area contributed by atoms with Crippen LogP contribution in [-0.2, 0) is 23.2 Å². The van der Waals surface area contributed by atoms with Gasteiger partial charge in [-0.1, -0.05) is 12.1 Å². The average molecular weight is 312 g/mol. The van der Waals surface area contributed by atoms with E-state index in [1.807, 2.05) is 6.92 Å². The fraction of sp³-hybridized carbons (Fsp3) is 0.286. The fourth-order valence-electron chi connectivity index (χ4n) is 2.09. The van der Waals surface area contributed by atoms with E-state index in [9.17, 15) is 17.9 Å². The van der Waals surface area contributed by atoms with Crippen LogP contribution in [0.15, 0.2) is 41.4 Å². The van der Waals surface area contributed by atoms with Gasteiger partial charge in [0.15, 0.2) is 0 Å². The van der Waals surface area contributed by atoms with Gasteiger partial charge < -0.3 is 9.67 Å². The summed E-state index contributed by atoms with van der Waals surface area (Å²) in [6.07, 6.45) is 1.44. The van der Waals surface area contributed by atoms with E-state index in [1.54, 1.807) is 10.6 Å². The van der Waals surface area contributed by atoms with Crippen molar-refractivity contribution < 1.29 is 17.9 Å². The summed E-state index contributed by atoms with van der Waals surface area (Å²) in [6.45, 7) is 2.12. The molecule has 0 aliphatic carbocycles. The van der Waals surface area contributed by atoms with E-state index in [0.29, 0.717) is 12.2 Å². The molecule has 2 aromatic rings. The second kappa shape index (κ2) is 5.87. The van der Waals surface area contributed by atoms with E-state index in [4.69, 9.17) is 0 Å². The lowest BCUT2D eigenvalue weighted by molar-refractivity contribution is 0.271. The number of halogens is 1. The number of nitrogens with zero attached hydrogens (tertiary/aromatic N) is 2. The summed E-state index contributed by atoms with van der Waals surface area (Å²) in [5.41, 5.74) is 0.477.